The Hall–Kier alpha value is -1.66. The number of nitrogens with zero attached hydrogens (tertiary/aromatic N) is 2. The van der Waals surface area contributed by atoms with Gasteiger partial charge < -0.3 is 10.3 Å². The van der Waals surface area contributed by atoms with Crippen LogP contribution < -0.4 is 10.5 Å². The van der Waals surface area contributed by atoms with Crippen molar-refractivity contribution >= 4 is 21.4 Å². The molecule has 2 rings (SSSR count). The summed E-state index contributed by atoms with van der Waals surface area (Å²) in [5, 5.41) is 1.88. The number of sulfonamides is 1. The van der Waals surface area contributed by atoms with Crippen molar-refractivity contribution in [2.75, 3.05) is 6.54 Å². The number of nitrogens with one attached hydrogen (secondary N) is 1. The quantitative estimate of drug-likeness (QED) is 0.793. The Morgan fingerprint density at radius 1 is 1.55 bits per heavy atom. The summed E-state index contributed by atoms with van der Waals surface area (Å²) in [7, 11) is -1.86. The highest BCUT2D eigenvalue weighted by Crippen LogP contribution is 2.14. The maximum atomic E-state index is 12.0. The van der Waals surface area contributed by atoms with E-state index in [9.17, 15) is 8.42 Å². The van der Waals surface area contributed by atoms with Crippen molar-refractivity contribution < 1.29 is 8.42 Å². The molecule has 0 bridgehead atoms. The number of nitrogens with two attached hydrogens (primary N) is 1. The molecule has 0 aliphatic heterocycles. The zero-order chi connectivity index (χ0) is 14.6. The van der Waals surface area contributed by atoms with Gasteiger partial charge >= 0.3 is 0 Å². The van der Waals surface area contributed by atoms with Crippen molar-refractivity contribution in [1.29, 1.82) is 0 Å². The lowest BCUT2D eigenvalue weighted by Crippen LogP contribution is -2.23. The Morgan fingerprint density at radius 2 is 2.35 bits per heavy atom. The predicted octanol–water partition coefficient (Wildman–Crippen LogP) is 0.270. The molecule has 6 nitrogen and oxygen atoms in total. The number of aryl methyl sites for hydroxylation is 1. The summed E-state index contributed by atoms with van der Waals surface area (Å²) in [5.74, 6) is 5.65. The number of thiophene rings is 1. The van der Waals surface area contributed by atoms with Gasteiger partial charge in [-0.25, -0.2) is 18.1 Å². The molecule has 0 unspecified atom stereocenters. The maximum Gasteiger partial charge on any atom is 0.259 e. The minimum Gasteiger partial charge on any atom is -0.339 e. The zero-order valence-corrected chi connectivity index (χ0v) is 12.5. The first-order valence-electron chi connectivity index (χ1n) is 5.75. The van der Waals surface area contributed by atoms with Gasteiger partial charge in [-0.2, -0.15) is 0 Å². The van der Waals surface area contributed by atoms with Gasteiger partial charge in [0.05, 0.1) is 12.9 Å². The first-order chi connectivity index (χ1) is 9.51. The number of hydrogen-bond donors (Lipinski definition) is 2. The number of rotatable bonds is 4. The van der Waals surface area contributed by atoms with Crippen LogP contribution in [0.2, 0.25) is 0 Å². The van der Waals surface area contributed by atoms with Gasteiger partial charge in [-0.05, 0) is 6.07 Å². The fraction of sp³-hybridized carbons (Fsp3) is 0.250. The van der Waals surface area contributed by atoms with Gasteiger partial charge in [0.1, 0.15) is 0 Å². The minimum absolute atomic E-state index is 0.0136. The average Bonchev–Trinajstić information content (AvgIpc) is 3.03. The Bertz CT molecular complexity index is 750. The molecule has 2 aromatic rings. The third kappa shape index (κ3) is 3.68. The van der Waals surface area contributed by atoms with Crippen molar-refractivity contribution in [1.82, 2.24) is 14.3 Å². The second-order valence-electron chi connectivity index (χ2n) is 4.01. The van der Waals surface area contributed by atoms with E-state index in [1.54, 1.807) is 11.6 Å². The highest BCUT2D eigenvalue weighted by Gasteiger charge is 2.16. The van der Waals surface area contributed by atoms with E-state index in [1.807, 2.05) is 11.4 Å². The van der Waals surface area contributed by atoms with Gasteiger partial charge in [-0.15, -0.1) is 11.3 Å². The summed E-state index contributed by atoms with van der Waals surface area (Å²) in [6.07, 6.45) is 2.90. The van der Waals surface area contributed by atoms with Crippen LogP contribution in [-0.4, -0.2) is 24.5 Å². The number of imidazole rings is 1. The van der Waals surface area contributed by atoms with E-state index in [1.165, 1.54) is 23.9 Å². The zero-order valence-electron chi connectivity index (χ0n) is 10.8. The van der Waals surface area contributed by atoms with Crippen LogP contribution in [0.25, 0.3) is 0 Å². The van der Waals surface area contributed by atoms with Crippen LogP contribution in [0, 0.1) is 11.8 Å². The lowest BCUT2D eigenvalue weighted by Gasteiger charge is -2.01. The van der Waals surface area contributed by atoms with Gasteiger partial charge in [0, 0.05) is 35.6 Å². The summed E-state index contributed by atoms with van der Waals surface area (Å²) in [5.41, 5.74) is 6.13. The minimum atomic E-state index is -3.58. The van der Waals surface area contributed by atoms with Crippen molar-refractivity contribution in [3.8, 4) is 11.8 Å². The molecule has 106 valence electrons. The van der Waals surface area contributed by atoms with E-state index >= 15 is 0 Å². The normalized spacial score (nSPS) is 11.1. The molecule has 0 atom stereocenters. The fourth-order valence-electron chi connectivity index (χ4n) is 1.46. The molecule has 0 radical (unpaired) electrons. The third-order valence-corrected chi connectivity index (χ3v) is 4.60. The van der Waals surface area contributed by atoms with E-state index in [-0.39, 0.29) is 11.6 Å². The van der Waals surface area contributed by atoms with E-state index in [0.717, 1.165) is 10.4 Å². The highest BCUT2D eigenvalue weighted by molar-refractivity contribution is 7.89. The second-order valence-corrected chi connectivity index (χ2v) is 6.72. The molecule has 0 fully saturated rings. The van der Waals surface area contributed by atoms with Gasteiger partial charge in [0.2, 0.25) is 0 Å². The van der Waals surface area contributed by atoms with E-state index < -0.39 is 10.0 Å². The van der Waals surface area contributed by atoms with Crippen molar-refractivity contribution in [3.63, 3.8) is 0 Å². The summed E-state index contributed by atoms with van der Waals surface area (Å²) in [6, 6.07) is 1.84. The van der Waals surface area contributed by atoms with Crippen LogP contribution >= 0.6 is 11.3 Å². The molecular formula is C12H14N4O2S2. The van der Waals surface area contributed by atoms with Crippen LogP contribution in [0.3, 0.4) is 0 Å². The molecule has 0 aliphatic carbocycles. The Morgan fingerprint density at radius 3 is 3.00 bits per heavy atom. The third-order valence-electron chi connectivity index (χ3n) is 2.38. The Kier molecular flexibility index (Phi) is 4.57. The molecule has 0 aromatic carbocycles. The topological polar surface area (TPSA) is 90.0 Å². The van der Waals surface area contributed by atoms with Crippen LogP contribution in [0.15, 0.2) is 29.0 Å². The Balaban J connectivity index is 2.03. The van der Waals surface area contributed by atoms with Crippen molar-refractivity contribution in [2.45, 2.75) is 11.6 Å². The molecule has 0 saturated heterocycles. The summed E-state index contributed by atoms with van der Waals surface area (Å²) >= 11 is 1.45. The van der Waals surface area contributed by atoms with Gasteiger partial charge in [0.25, 0.3) is 10.0 Å². The molecule has 0 amide bonds. The molecule has 0 saturated carbocycles. The molecular weight excluding hydrogens is 296 g/mol. The SMILES string of the molecule is Cn1cnc(S(=O)(=O)NCc2cc(C#CCN)cs2)c1. The van der Waals surface area contributed by atoms with Gasteiger partial charge in [0.15, 0.2) is 5.03 Å². The number of aromatic nitrogens is 2. The molecule has 3 N–H and O–H groups in total. The van der Waals surface area contributed by atoms with Crippen LogP contribution in [0.5, 0.6) is 0 Å². The largest absolute Gasteiger partial charge is 0.339 e. The van der Waals surface area contributed by atoms with Gasteiger partial charge in [-0.3, -0.25) is 0 Å². The molecule has 2 heterocycles. The summed E-state index contributed by atoms with van der Waals surface area (Å²) < 4.78 is 28.0. The molecule has 0 spiro atoms. The smallest absolute Gasteiger partial charge is 0.259 e. The summed E-state index contributed by atoms with van der Waals surface area (Å²) in [6.45, 7) is 0.519. The van der Waals surface area contributed by atoms with Crippen LogP contribution in [-0.2, 0) is 23.6 Å². The standard InChI is InChI=1S/C12H14N4O2S2/c1-16-7-12(14-9-16)20(17,18)15-6-11-5-10(8-19-11)3-2-4-13/h5,7-9,15H,4,6,13H2,1H3. The monoisotopic (exact) mass is 310 g/mol. The van der Waals surface area contributed by atoms with E-state index in [0.29, 0.717) is 6.54 Å². The Labute approximate surface area is 121 Å². The first-order valence-corrected chi connectivity index (χ1v) is 8.11. The van der Waals surface area contributed by atoms with E-state index in [2.05, 4.69) is 21.5 Å². The van der Waals surface area contributed by atoms with Crippen molar-refractivity contribution in [2.24, 2.45) is 12.8 Å². The van der Waals surface area contributed by atoms with E-state index in [4.69, 9.17) is 5.73 Å². The lowest BCUT2D eigenvalue weighted by atomic mass is 10.3. The molecule has 2 aromatic heterocycles. The van der Waals surface area contributed by atoms with Gasteiger partial charge in [-0.1, -0.05) is 11.8 Å². The summed E-state index contributed by atoms with van der Waals surface area (Å²) in [4.78, 5) is 4.71. The predicted molar refractivity (Wildman–Crippen MR) is 77.5 cm³/mol. The van der Waals surface area contributed by atoms with Crippen LogP contribution in [0.1, 0.15) is 10.4 Å². The molecule has 8 heteroatoms. The second kappa shape index (κ2) is 6.19. The molecule has 20 heavy (non-hydrogen) atoms. The highest BCUT2D eigenvalue weighted by atomic mass is 32.2. The maximum absolute atomic E-state index is 12.0. The number of hydrogen-bond acceptors (Lipinski definition) is 5. The first kappa shape index (κ1) is 14.7. The average molecular weight is 310 g/mol. The van der Waals surface area contributed by atoms with Crippen molar-refractivity contribution in [3.05, 3.63) is 34.4 Å². The fourth-order valence-corrected chi connectivity index (χ4v) is 3.29. The molecule has 0 aliphatic rings. The lowest BCUT2D eigenvalue weighted by molar-refractivity contribution is 0.578. The van der Waals surface area contributed by atoms with Crippen LogP contribution in [0.4, 0.5) is 0 Å².